The number of carbonyl (C=O) groups excluding carboxylic acids is 2. The van der Waals surface area contributed by atoms with E-state index >= 15 is 0 Å². The molecule has 1 aliphatic heterocycles. The van der Waals surface area contributed by atoms with E-state index in [1.54, 1.807) is 49.4 Å². The van der Waals surface area contributed by atoms with Gasteiger partial charge < -0.3 is 9.84 Å². The van der Waals surface area contributed by atoms with Gasteiger partial charge in [0, 0.05) is 21.2 Å². The van der Waals surface area contributed by atoms with Crippen LogP contribution < -0.4 is 0 Å². The van der Waals surface area contributed by atoms with Crippen molar-refractivity contribution < 1.29 is 19.4 Å². The first-order valence-electron chi connectivity index (χ1n) is 8.18. The van der Waals surface area contributed by atoms with E-state index in [4.69, 9.17) is 27.9 Å². The van der Waals surface area contributed by atoms with E-state index in [-0.39, 0.29) is 24.3 Å². The number of carbonyl (C=O) groups is 2. The predicted molar refractivity (Wildman–Crippen MR) is 102 cm³/mol. The third kappa shape index (κ3) is 3.83. The first kappa shape index (κ1) is 19.4. The molecule has 1 amide bonds. The fourth-order valence-electron chi connectivity index (χ4n) is 2.77. The lowest BCUT2D eigenvalue weighted by Gasteiger charge is -2.31. The average molecular weight is 407 g/mol. The molecule has 1 atom stereocenters. The van der Waals surface area contributed by atoms with Crippen molar-refractivity contribution >= 4 is 40.8 Å². The van der Waals surface area contributed by atoms with Gasteiger partial charge in [0.15, 0.2) is 11.4 Å². The van der Waals surface area contributed by atoms with E-state index in [1.165, 1.54) is 6.07 Å². The van der Waals surface area contributed by atoms with Gasteiger partial charge in [-0.15, -0.1) is 0 Å². The summed E-state index contributed by atoms with van der Waals surface area (Å²) in [5.74, 6) is -1.29. The zero-order valence-corrected chi connectivity index (χ0v) is 15.9. The van der Waals surface area contributed by atoms with Crippen LogP contribution in [0.5, 0.6) is 0 Å². The molecule has 27 heavy (non-hydrogen) atoms. The maximum Gasteiger partial charge on any atom is 0.354 e. The largest absolute Gasteiger partial charge is 0.461 e. The monoisotopic (exact) mass is 406 g/mol. The Hall–Kier alpha value is -2.41. The third-order valence-corrected chi connectivity index (χ3v) is 4.55. The second kappa shape index (κ2) is 7.68. The summed E-state index contributed by atoms with van der Waals surface area (Å²) in [4.78, 5) is 25.1. The van der Waals surface area contributed by atoms with E-state index in [9.17, 15) is 14.7 Å². The lowest BCUT2D eigenvalue weighted by atomic mass is 9.97. The fourth-order valence-corrected chi connectivity index (χ4v) is 3.09. The molecule has 6 nitrogen and oxygen atoms in total. The molecule has 1 N–H and O–H groups in total. The van der Waals surface area contributed by atoms with Crippen molar-refractivity contribution in [2.24, 2.45) is 5.10 Å². The Labute approximate surface area is 165 Å². The number of esters is 1. The van der Waals surface area contributed by atoms with E-state index in [0.29, 0.717) is 15.6 Å². The van der Waals surface area contributed by atoms with Gasteiger partial charge in [-0.05, 0) is 37.3 Å². The molecule has 0 fully saturated rings. The number of nitrogens with zero attached hydrogens (tertiary/aromatic N) is 2. The summed E-state index contributed by atoms with van der Waals surface area (Å²) in [5.41, 5.74) is -1.31. The van der Waals surface area contributed by atoms with Crippen molar-refractivity contribution in [2.45, 2.75) is 19.1 Å². The van der Waals surface area contributed by atoms with Crippen LogP contribution in [0.4, 0.5) is 0 Å². The Morgan fingerprint density at radius 2 is 1.89 bits per heavy atom. The molecule has 1 aliphatic rings. The Balaban J connectivity index is 2.04. The predicted octanol–water partition coefficient (Wildman–Crippen LogP) is 3.60. The van der Waals surface area contributed by atoms with Gasteiger partial charge in [-0.3, -0.25) is 4.79 Å². The van der Waals surface area contributed by atoms with Gasteiger partial charge >= 0.3 is 5.97 Å². The Kier molecular flexibility index (Phi) is 5.51. The van der Waals surface area contributed by atoms with Crippen LogP contribution in [-0.2, 0) is 15.3 Å². The number of halogens is 2. The SMILES string of the molecule is CCOC(=O)C1=NN(C(=O)c2cccc(Cl)c2)[C@@](O)(c2ccc(Cl)cc2)C1. The summed E-state index contributed by atoms with van der Waals surface area (Å²) < 4.78 is 4.97. The van der Waals surface area contributed by atoms with Crippen molar-refractivity contribution in [3.63, 3.8) is 0 Å². The minimum absolute atomic E-state index is 0.0512. The molecular weight excluding hydrogens is 391 g/mol. The number of amides is 1. The van der Waals surface area contributed by atoms with Gasteiger partial charge in [0.2, 0.25) is 0 Å². The number of hydrazone groups is 1. The summed E-state index contributed by atoms with van der Waals surface area (Å²) in [7, 11) is 0. The van der Waals surface area contributed by atoms with Crippen molar-refractivity contribution in [2.75, 3.05) is 6.61 Å². The van der Waals surface area contributed by atoms with E-state index in [0.717, 1.165) is 5.01 Å². The number of hydrogen-bond donors (Lipinski definition) is 1. The van der Waals surface area contributed by atoms with Crippen LogP contribution in [-0.4, -0.2) is 34.3 Å². The molecule has 0 bridgehead atoms. The number of ether oxygens (including phenoxy) is 1. The minimum atomic E-state index is -1.86. The highest BCUT2D eigenvalue weighted by Crippen LogP contribution is 2.37. The van der Waals surface area contributed by atoms with Gasteiger partial charge in [0.05, 0.1) is 13.0 Å². The van der Waals surface area contributed by atoms with E-state index < -0.39 is 17.6 Å². The van der Waals surface area contributed by atoms with Crippen LogP contribution in [0, 0.1) is 0 Å². The summed E-state index contributed by atoms with van der Waals surface area (Å²) in [6.45, 7) is 1.81. The zero-order chi connectivity index (χ0) is 19.6. The quantitative estimate of drug-likeness (QED) is 0.786. The summed E-state index contributed by atoms with van der Waals surface area (Å²) >= 11 is 11.9. The van der Waals surface area contributed by atoms with Crippen LogP contribution in [0.15, 0.2) is 53.6 Å². The fraction of sp³-hybridized carbons (Fsp3) is 0.211. The highest BCUT2D eigenvalue weighted by molar-refractivity contribution is 6.37. The first-order chi connectivity index (χ1) is 12.8. The van der Waals surface area contributed by atoms with Crippen molar-refractivity contribution in [1.82, 2.24) is 5.01 Å². The van der Waals surface area contributed by atoms with Crippen LogP contribution in [0.2, 0.25) is 10.0 Å². The average Bonchev–Trinajstić information content (AvgIpc) is 3.00. The molecule has 0 radical (unpaired) electrons. The number of rotatable bonds is 4. The molecule has 0 saturated carbocycles. The maximum absolute atomic E-state index is 13.0. The molecule has 0 spiro atoms. The normalized spacial score (nSPS) is 19.0. The molecule has 2 aromatic rings. The van der Waals surface area contributed by atoms with E-state index in [1.807, 2.05) is 0 Å². The highest BCUT2D eigenvalue weighted by Gasteiger charge is 2.48. The minimum Gasteiger partial charge on any atom is -0.461 e. The van der Waals surface area contributed by atoms with Crippen molar-refractivity contribution in [1.29, 1.82) is 0 Å². The van der Waals surface area contributed by atoms with Gasteiger partial charge in [0.25, 0.3) is 5.91 Å². The van der Waals surface area contributed by atoms with Crippen LogP contribution in [0.3, 0.4) is 0 Å². The molecule has 1 heterocycles. The van der Waals surface area contributed by atoms with Gasteiger partial charge in [-0.1, -0.05) is 41.4 Å². The number of hydrogen-bond acceptors (Lipinski definition) is 5. The summed E-state index contributed by atoms with van der Waals surface area (Å²) in [5, 5.41) is 17.1. The molecule has 2 aromatic carbocycles. The summed E-state index contributed by atoms with van der Waals surface area (Å²) in [6, 6.07) is 12.6. The van der Waals surface area contributed by atoms with Crippen LogP contribution >= 0.6 is 23.2 Å². The molecule has 0 saturated heterocycles. The third-order valence-electron chi connectivity index (χ3n) is 4.07. The lowest BCUT2D eigenvalue weighted by Crippen LogP contribution is -2.43. The summed E-state index contributed by atoms with van der Waals surface area (Å²) in [6.07, 6.45) is -0.209. The van der Waals surface area contributed by atoms with Crippen molar-refractivity contribution in [3.05, 3.63) is 69.7 Å². The maximum atomic E-state index is 13.0. The molecule has 140 valence electrons. The molecule has 0 aromatic heterocycles. The van der Waals surface area contributed by atoms with Crippen LogP contribution in [0.1, 0.15) is 29.3 Å². The standard InChI is InChI=1S/C19H16Cl2N2O4/c1-2-27-18(25)16-11-19(26,13-6-8-14(20)9-7-13)23(22-16)17(24)12-4-3-5-15(21)10-12/h3-10,26H,2,11H2,1H3/t19-/m0/s1. The highest BCUT2D eigenvalue weighted by atomic mass is 35.5. The van der Waals surface area contributed by atoms with Crippen molar-refractivity contribution in [3.8, 4) is 0 Å². The molecule has 0 unspecified atom stereocenters. The van der Waals surface area contributed by atoms with Gasteiger partial charge in [0.1, 0.15) is 0 Å². The first-order valence-corrected chi connectivity index (χ1v) is 8.94. The Bertz CT molecular complexity index is 914. The molecule has 8 heteroatoms. The Morgan fingerprint density at radius 3 is 2.52 bits per heavy atom. The van der Waals surface area contributed by atoms with E-state index in [2.05, 4.69) is 5.10 Å². The topological polar surface area (TPSA) is 79.2 Å². The zero-order valence-electron chi connectivity index (χ0n) is 14.4. The van der Waals surface area contributed by atoms with Gasteiger partial charge in [-0.2, -0.15) is 10.1 Å². The van der Waals surface area contributed by atoms with Crippen LogP contribution in [0.25, 0.3) is 0 Å². The van der Waals surface area contributed by atoms with Gasteiger partial charge in [-0.25, -0.2) is 4.79 Å². The Morgan fingerprint density at radius 1 is 1.19 bits per heavy atom. The second-order valence-corrected chi connectivity index (χ2v) is 6.77. The second-order valence-electron chi connectivity index (χ2n) is 5.89. The molecule has 0 aliphatic carbocycles. The number of benzene rings is 2. The molecule has 3 rings (SSSR count). The molecular formula is C19H16Cl2N2O4. The smallest absolute Gasteiger partial charge is 0.354 e. The lowest BCUT2D eigenvalue weighted by molar-refractivity contribution is -0.135. The number of aliphatic hydroxyl groups is 1.